The number of fused-ring (bicyclic) bond motifs is 1. The first-order chi connectivity index (χ1) is 19.9. The second-order valence-corrected chi connectivity index (χ2v) is 11.7. The summed E-state index contributed by atoms with van der Waals surface area (Å²) in [6.45, 7) is 8.97. The van der Waals surface area contributed by atoms with Gasteiger partial charge in [-0.2, -0.15) is 0 Å². The van der Waals surface area contributed by atoms with E-state index in [0.717, 1.165) is 10.9 Å². The smallest absolute Gasteiger partial charge is 0.411 e. The zero-order valence-electron chi connectivity index (χ0n) is 24.1. The number of aromatic nitrogens is 1. The van der Waals surface area contributed by atoms with Crippen LogP contribution in [0.4, 0.5) is 4.79 Å². The zero-order chi connectivity index (χ0) is 30.2. The molecule has 0 spiro atoms. The molecule has 2 aromatic carbocycles. The minimum atomic E-state index is -1.43. The third-order valence-corrected chi connectivity index (χ3v) is 7.56. The van der Waals surface area contributed by atoms with Gasteiger partial charge in [0, 0.05) is 35.4 Å². The third kappa shape index (κ3) is 5.74. The first-order valence-corrected chi connectivity index (χ1v) is 13.8. The summed E-state index contributed by atoms with van der Waals surface area (Å²) < 4.78 is 17.5. The number of amides is 2. The highest BCUT2D eigenvalue weighted by molar-refractivity contribution is 5.94. The topological polar surface area (TPSA) is 127 Å². The molecule has 1 saturated heterocycles. The van der Waals surface area contributed by atoms with E-state index < -0.39 is 41.3 Å². The lowest BCUT2D eigenvalue weighted by molar-refractivity contribution is -0.144. The number of methoxy groups -OCH3 is 1. The molecule has 5 rings (SSSR count). The van der Waals surface area contributed by atoms with Crippen LogP contribution in [0, 0.1) is 5.92 Å². The van der Waals surface area contributed by atoms with Gasteiger partial charge in [0.05, 0.1) is 24.9 Å². The van der Waals surface area contributed by atoms with Crippen molar-refractivity contribution in [1.29, 1.82) is 0 Å². The van der Waals surface area contributed by atoms with Crippen LogP contribution < -0.4 is 14.8 Å². The molecule has 2 heterocycles. The lowest BCUT2D eigenvalue weighted by atomic mass is 10.1. The molecule has 2 fully saturated rings. The van der Waals surface area contributed by atoms with Crippen molar-refractivity contribution >= 4 is 28.9 Å². The molecule has 1 saturated carbocycles. The number of nitrogens with one attached hydrogen (secondary N) is 1. The van der Waals surface area contributed by atoms with Gasteiger partial charge in [-0.3, -0.25) is 9.69 Å². The number of pyridine rings is 1. The number of aliphatic carboxylic acids is 1. The van der Waals surface area contributed by atoms with E-state index >= 15 is 0 Å². The summed E-state index contributed by atoms with van der Waals surface area (Å²) in [4.78, 5) is 44.9. The van der Waals surface area contributed by atoms with Crippen LogP contribution in [0.2, 0.25) is 0 Å². The van der Waals surface area contributed by atoms with E-state index in [0.29, 0.717) is 22.7 Å². The molecule has 42 heavy (non-hydrogen) atoms. The van der Waals surface area contributed by atoms with Crippen molar-refractivity contribution in [2.75, 3.05) is 13.7 Å². The van der Waals surface area contributed by atoms with Crippen molar-refractivity contribution in [1.82, 2.24) is 15.2 Å². The lowest BCUT2D eigenvalue weighted by Gasteiger charge is -2.28. The summed E-state index contributed by atoms with van der Waals surface area (Å²) in [5.74, 6) is -0.924. The number of carboxylic acids is 1. The molecule has 0 radical (unpaired) electrons. The Hall–Kier alpha value is -4.60. The van der Waals surface area contributed by atoms with Gasteiger partial charge >= 0.3 is 12.1 Å². The van der Waals surface area contributed by atoms with Crippen molar-refractivity contribution in [3.8, 4) is 22.8 Å². The summed E-state index contributed by atoms with van der Waals surface area (Å²) >= 11 is 0. The van der Waals surface area contributed by atoms with E-state index in [1.807, 2.05) is 54.6 Å². The minimum Gasteiger partial charge on any atom is -0.497 e. The molecule has 10 heteroatoms. The highest BCUT2D eigenvalue weighted by atomic mass is 16.6. The Balaban J connectivity index is 1.47. The van der Waals surface area contributed by atoms with Gasteiger partial charge in [0.1, 0.15) is 34.8 Å². The molecular formula is C32H35N3O7. The standard InChI is InChI=1S/C32H35N3O7/c1-6-20-17-32(20,29(37)38)34-28(36)26-15-22(18-35(26)30(39)42-31(2,3)4)41-27-16-24(19-10-8-7-9-11-19)33-25-14-21(40-5)12-13-23(25)27/h6-14,16,20,22,26H,1,15,17-18H2,2-5H3,(H,34,36)(H,37,38)/t20-,22?,26+,32-/m1/s1. The highest BCUT2D eigenvalue weighted by Gasteiger charge is 2.61. The Morgan fingerprint density at radius 3 is 2.50 bits per heavy atom. The van der Waals surface area contributed by atoms with Crippen LogP contribution >= 0.6 is 0 Å². The van der Waals surface area contributed by atoms with Gasteiger partial charge in [-0.1, -0.05) is 36.4 Å². The molecule has 4 atom stereocenters. The Morgan fingerprint density at radius 2 is 1.88 bits per heavy atom. The van der Waals surface area contributed by atoms with Gasteiger partial charge in [0.25, 0.3) is 0 Å². The molecule has 1 aromatic heterocycles. The zero-order valence-corrected chi connectivity index (χ0v) is 24.1. The molecule has 1 unspecified atom stereocenters. The summed E-state index contributed by atoms with van der Waals surface area (Å²) in [7, 11) is 1.59. The van der Waals surface area contributed by atoms with Crippen molar-refractivity contribution in [3.63, 3.8) is 0 Å². The molecule has 220 valence electrons. The van der Waals surface area contributed by atoms with E-state index in [1.54, 1.807) is 27.9 Å². The Bertz CT molecular complexity index is 1530. The number of likely N-dealkylation sites (tertiary alicyclic amines) is 1. The van der Waals surface area contributed by atoms with Crippen LogP contribution in [-0.4, -0.2) is 69.9 Å². The SMILES string of the molecule is C=C[C@@H]1C[C@]1(NC(=O)[C@@H]1CC(Oc2cc(-c3ccccc3)nc3cc(OC)ccc23)CN1C(=O)OC(C)(C)C)C(=O)O. The van der Waals surface area contributed by atoms with E-state index in [1.165, 1.54) is 11.0 Å². The second kappa shape index (κ2) is 11.0. The number of carbonyl (C=O) groups is 3. The predicted octanol–water partition coefficient (Wildman–Crippen LogP) is 4.81. The molecular weight excluding hydrogens is 538 g/mol. The number of carboxylic acid groups (broad SMARTS) is 1. The lowest BCUT2D eigenvalue weighted by Crippen LogP contribution is -2.53. The molecule has 2 amide bonds. The number of rotatable bonds is 8. The van der Waals surface area contributed by atoms with E-state index in [4.69, 9.17) is 19.2 Å². The monoisotopic (exact) mass is 573 g/mol. The first-order valence-electron chi connectivity index (χ1n) is 13.8. The number of hydrogen-bond donors (Lipinski definition) is 2. The summed E-state index contributed by atoms with van der Waals surface area (Å²) in [6, 6.07) is 16.0. The first kappa shape index (κ1) is 28.9. The Kier molecular flexibility index (Phi) is 7.57. The van der Waals surface area contributed by atoms with Crippen LogP contribution in [0.15, 0.2) is 67.3 Å². The maximum Gasteiger partial charge on any atom is 0.411 e. The number of hydrogen-bond acceptors (Lipinski definition) is 7. The normalized spacial score (nSPS) is 23.2. The van der Waals surface area contributed by atoms with Crippen molar-refractivity contribution in [3.05, 3.63) is 67.3 Å². The molecule has 2 aliphatic rings. The van der Waals surface area contributed by atoms with E-state index in [9.17, 15) is 19.5 Å². The second-order valence-electron chi connectivity index (χ2n) is 11.7. The van der Waals surface area contributed by atoms with Crippen molar-refractivity contribution in [2.45, 2.75) is 56.9 Å². The number of ether oxygens (including phenoxy) is 3. The Labute approximate surface area is 244 Å². The molecule has 10 nitrogen and oxygen atoms in total. The summed E-state index contributed by atoms with van der Waals surface area (Å²) in [6.07, 6.45) is 0.642. The predicted molar refractivity (Wildman–Crippen MR) is 156 cm³/mol. The molecule has 0 bridgehead atoms. The van der Waals surface area contributed by atoms with E-state index in [2.05, 4.69) is 11.9 Å². The third-order valence-electron chi connectivity index (χ3n) is 7.56. The number of benzene rings is 2. The van der Waals surface area contributed by atoms with Gasteiger partial charge in [0.2, 0.25) is 5.91 Å². The molecule has 3 aromatic rings. The van der Waals surface area contributed by atoms with Gasteiger partial charge < -0.3 is 24.6 Å². The van der Waals surface area contributed by atoms with Crippen LogP contribution in [-0.2, 0) is 14.3 Å². The van der Waals surface area contributed by atoms with Crippen molar-refractivity contribution in [2.24, 2.45) is 5.92 Å². The summed E-state index contributed by atoms with van der Waals surface area (Å²) in [5, 5.41) is 13.2. The molecule has 1 aliphatic heterocycles. The van der Waals surface area contributed by atoms with Gasteiger partial charge in [-0.25, -0.2) is 14.6 Å². The fourth-order valence-electron chi connectivity index (χ4n) is 5.31. The van der Waals surface area contributed by atoms with Gasteiger partial charge in [-0.05, 0) is 39.3 Å². The minimum absolute atomic E-state index is 0.0681. The molecule has 1 aliphatic carbocycles. The van der Waals surface area contributed by atoms with Gasteiger partial charge in [0.15, 0.2) is 0 Å². The average Bonchev–Trinajstić information content (AvgIpc) is 3.51. The summed E-state index contributed by atoms with van der Waals surface area (Å²) in [5.41, 5.74) is 0.0213. The maximum absolute atomic E-state index is 13.5. The Morgan fingerprint density at radius 1 is 1.14 bits per heavy atom. The van der Waals surface area contributed by atoms with Crippen LogP contribution in [0.25, 0.3) is 22.2 Å². The maximum atomic E-state index is 13.5. The quantitative estimate of drug-likeness (QED) is 0.368. The largest absolute Gasteiger partial charge is 0.497 e. The highest BCUT2D eigenvalue weighted by Crippen LogP contribution is 2.45. The van der Waals surface area contributed by atoms with E-state index in [-0.39, 0.29) is 25.3 Å². The van der Waals surface area contributed by atoms with Crippen LogP contribution in [0.5, 0.6) is 11.5 Å². The van der Waals surface area contributed by atoms with Gasteiger partial charge in [-0.15, -0.1) is 6.58 Å². The van der Waals surface area contributed by atoms with Crippen molar-refractivity contribution < 1.29 is 33.7 Å². The van der Waals surface area contributed by atoms with Crippen LogP contribution in [0.1, 0.15) is 33.6 Å². The average molecular weight is 574 g/mol. The fraction of sp³-hybridized carbons (Fsp3) is 0.375. The number of carbonyl (C=O) groups excluding carboxylic acids is 2. The molecule has 2 N–H and O–H groups in total. The van der Waals surface area contributed by atoms with Crippen LogP contribution in [0.3, 0.4) is 0 Å². The number of nitrogens with zero attached hydrogens (tertiary/aromatic N) is 2. The fourth-order valence-corrected chi connectivity index (χ4v) is 5.31.